The van der Waals surface area contributed by atoms with E-state index in [4.69, 9.17) is 0 Å². The third-order valence-electron chi connectivity index (χ3n) is 7.59. The SMILES string of the molecule is C[C@@H](C1=CC=CC1=[PH](c1ccccc1)c1ccccc1)N(Cc1ccccc1)P(c1ccccc1)c1ccccc1. The second-order valence-electron chi connectivity index (χ2n) is 10.2. The Morgan fingerprint density at radius 1 is 0.585 bits per heavy atom. The van der Waals surface area contributed by atoms with Gasteiger partial charge in [-0.25, -0.2) is 0 Å². The molecule has 0 saturated heterocycles. The van der Waals surface area contributed by atoms with E-state index in [9.17, 15) is 0 Å². The van der Waals surface area contributed by atoms with E-state index in [1.54, 1.807) is 0 Å². The lowest BCUT2D eigenvalue weighted by Crippen LogP contribution is -2.37. The van der Waals surface area contributed by atoms with Crippen LogP contribution in [0.2, 0.25) is 0 Å². The van der Waals surface area contributed by atoms with Crippen LogP contribution in [0.25, 0.3) is 0 Å². The maximum absolute atomic E-state index is 2.75. The van der Waals surface area contributed by atoms with Crippen LogP contribution in [0.15, 0.2) is 175 Å². The molecule has 0 heterocycles. The maximum Gasteiger partial charge on any atom is 0.0372 e. The number of nitrogens with zero attached hydrogens (tertiary/aromatic N) is 1. The summed E-state index contributed by atoms with van der Waals surface area (Å²) in [6.45, 7) is 3.29. The highest BCUT2D eigenvalue weighted by atomic mass is 31.1. The molecule has 0 fully saturated rings. The molecular formula is C38H35NP2. The van der Waals surface area contributed by atoms with Gasteiger partial charge in [0.15, 0.2) is 0 Å². The zero-order valence-corrected chi connectivity index (χ0v) is 25.2. The fourth-order valence-corrected chi connectivity index (χ4v) is 11.0. The first-order valence-corrected chi connectivity index (χ1v) is 17.0. The molecule has 0 aliphatic heterocycles. The van der Waals surface area contributed by atoms with Crippen LogP contribution in [0, 0.1) is 0 Å². The highest BCUT2D eigenvalue weighted by Crippen LogP contribution is 2.44. The van der Waals surface area contributed by atoms with E-state index in [1.807, 2.05) is 0 Å². The molecule has 1 nitrogen and oxygen atoms in total. The van der Waals surface area contributed by atoms with Gasteiger partial charge in [-0.3, -0.25) is 4.67 Å². The Hall–Kier alpha value is -3.73. The van der Waals surface area contributed by atoms with Crippen molar-refractivity contribution in [1.82, 2.24) is 4.67 Å². The fourth-order valence-electron chi connectivity index (χ4n) is 5.61. The van der Waals surface area contributed by atoms with Crippen molar-refractivity contribution >= 4 is 42.1 Å². The summed E-state index contributed by atoms with van der Waals surface area (Å²) in [6.07, 6.45) is 7.03. The van der Waals surface area contributed by atoms with Crippen LogP contribution in [-0.4, -0.2) is 16.0 Å². The number of rotatable bonds is 9. The van der Waals surface area contributed by atoms with E-state index in [0.717, 1.165) is 6.54 Å². The van der Waals surface area contributed by atoms with E-state index in [0.29, 0.717) is 0 Å². The second-order valence-corrected chi connectivity index (χ2v) is 14.9. The van der Waals surface area contributed by atoms with Gasteiger partial charge in [-0.05, 0) is 44.6 Å². The Kier molecular flexibility index (Phi) is 8.89. The lowest BCUT2D eigenvalue weighted by molar-refractivity contribution is 0.406. The predicted molar refractivity (Wildman–Crippen MR) is 183 cm³/mol. The molecule has 0 spiro atoms. The molecule has 5 aromatic rings. The van der Waals surface area contributed by atoms with Crippen molar-refractivity contribution in [2.24, 2.45) is 0 Å². The molecule has 6 rings (SSSR count). The highest BCUT2D eigenvalue weighted by molar-refractivity contribution is 7.74. The lowest BCUT2D eigenvalue weighted by atomic mass is 10.1. The van der Waals surface area contributed by atoms with Crippen LogP contribution in [0.4, 0.5) is 0 Å². The van der Waals surface area contributed by atoms with Crippen molar-refractivity contribution in [3.8, 4) is 0 Å². The Bertz CT molecular complexity index is 1560. The number of hydrogen-bond donors (Lipinski definition) is 0. The van der Waals surface area contributed by atoms with E-state index in [-0.39, 0.29) is 6.04 Å². The second kappa shape index (κ2) is 13.3. The van der Waals surface area contributed by atoms with Gasteiger partial charge in [0.1, 0.15) is 0 Å². The van der Waals surface area contributed by atoms with Gasteiger partial charge in [0.25, 0.3) is 0 Å². The van der Waals surface area contributed by atoms with Crippen molar-refractivity contribution in [3.05, 3.63) is 181 Å². The zero-order valence-electron chi connectivity index (χ0n) is 23.3. The van der Waals surface area contributed by atoms with Crippen molar-refractivity contribution in [2.45, 2.75) is 19.5 Å². The summed E-state index contributed by atoms with van der Waals surface area (Å²) in [6, 6.07) is 55.5. The van der Waals surface area contributed by atoms with Crippen LogP contribution in [0.1, 0.15) is 12.5 Å². The molecule has 0 N–H and O–H groups in total. The molecule has 41 heavy (non-hydrogen) atoms. The normalized spacial score (nSPS) is 13.7. The summed E-state index contributed by atoms with van der Waals surface area (Å²) < 4.78 is 2.75. The van der Waals surface area contributed by atoms with Gasteiger partial charge in [-0.2, -0.15) is 0 Å². The van der Waals surface area contributed by atoms with Crippen LogP contribution in [0.5, 0.6) is 0 Å². The number of hydrogen-bond acceptors (Lipinski definition) is 1. The first kappa shape index (κ1) is 27.4. The quantitative estimate of drug-likeness (QED) is 0.167. The summed E-state index contributed by atoms with van der Waals surface area (Å²) in [5, 5.41) is 7.08. The predicted octanol–water partition coefficient (Wildman–Crippen LogP) is 7.46. The average molecular weight is 568 g/mol. The monoisotopic (exact) mass is 567 g/mol. The van der Waals surface area contributed by atoms with E-state index >= 15 is 0 Å². The standard InChI is InChI=1S/C38H35NP2/c1-31(37-28-17-29-38(37)40(33-20-9-3-10-21-33)34-22-11-4-12-23-34)39(30-32-18-7-2-8-19-32)41(35-24-13-5-14-25-35)36-26-15-6-16-27-36/h2-29,31,40H,30H2,1H3/t31-/m0/s1. The van der Waals surface area contributed by atoms with Gasteiger partial charge in [-0.15, -0.1) is 0 Å². The van der Waals surface area contributed by atoms with Crippen molar-refractivity contribution in [3.63, 3.8) is 0 Å². The molecule has 0 aromatic heterocycles. The summed E-state index contributed by atoms with van der Waals surface area (Å²) in [5.41, 5.74) is 2.77. The molecule has 0 saturated carbocycles. The average Bonchev–Trinajstić information content (AvgIpc) is 3.52. The largest absolute Gasteiger partial charge is 0.263 e. The molecule has 1 aliphatic carbocycles. The molecule has 0 bridgehead atoms. The van der Waals surface area contributed by atoms with Gasteiger partial charge in [0, 0.05) is 20.7 Å². The zero-order chi connectivity index (χ0) is 27.9. The van der Waals surface area contributed by atoms with E-state index < -0.39 is 15.6 Å². The van der Waals surface area contributed by atoms with Crippen molar-refractivity contribution in [1.29, 1.82) is 0 Å². The molecule has 202 valence electrons. The van der Waals surface area contributed by atoms with Gasteiger partial charge < -0.3 is 0 Å². The third kappa shape index (κ3) is 6.29. The molecule has 0 amide bonds. The molecular weight excluding hydrogens is 532 g/mol. The smallest absolute Gasteiger partial charge is 0.0372 e. The van der Waals surface area contributed by atoms with Crippen molar-refractivity contribution < 1.29 is 0 Å². The molecule has 5 aromatic carbocycles. The van der Waals surface area contributed by atoms with Crippen LogP contribution in [-0.2, 0) is 6.54 Å². The Morgan fingerprint density at radius 3 is 1.51 bits per heavy atom. The lowest BCUT2D eigenvalue weighted by Gasteiger charge is -2.38. The maximum atomic E-state index is 2.75. The van der Waals surface area contributed by atoms with Crippen molar-refractivity contribution in [2.75, 3.05) is 0 Å². The highest BCUT2D eigenvalue weighted by Gasteiger charge is 2.31. The Morgan fingerprint density at radius 2 is 1.02 bits per heavy atom. The first-order chi connectivity index (χ1) is 20.3. The summed E-state index contributed by atoms with van der Waals surface area (Å²) in [7, 11) is -1.96. The van der Waals surface area contributed by atoms with Gasteiger partial charge in [0.05, 0.1) is 0 Å². The first-order valence-electron chi connectivity index (χ1n) is 14.2. The number of allylic oxidation sites excluding steroid dienone is 3. The topological polar surface area (TPSA) is 3.24 Å². The summed E-state index contributed by atoms with van der Waals surface area (Å²) >= 11 is 0. The minimum absolute atomic E-state index is 0.208. The van der Waals surface area contributed by atoms with Gasteiger partial charge in [-0.1, -0.05) is 177 Å². The molecule has 1 atom stereocenters. The summed E-state index contributed by atoms with van der Waals surface area (Å²) in [5.74, 6) is 0. The Balaban J connectivity index is 1.50. The van der Waals surface area contributed by atoms with Crippen LogP contribution in [0.3, 0.4) is 0 Å². The van der Waals surface area contributed by atoms with Crippen LogP contribution >= 0.6 is 15.6 Å². The number of benzene rings is 5. The fraction of sp³-hybridized carbons (Fsp3) is 0.0789. The van der Waals surface area contributed by atoms with Gasteiger partial charge >= 0.3 is 0 Å². The van der Waals surface area contributed by atoms with Gasteiger partial charge in [0.2, 0.25) is 0 Å². The molecule has 1 aliphatic rings. The van der Waals surface area contributed by atoms with E-state index in [1.165, 1.54) is 37.6 Å². The van der Waals surface area contributed by atoms with E-state index in [2.05, 4.69) is 181 Å². The minimum atomic E-state index is -1.19. The molecule has 0 unspecified atom stereocenters. The third-order valence-corrected chi connectivity index (χ3v) is 13.0. The Labute approximate surface area is 246 Å². The minimum Gasteiger partial charge on any atom is -0.263 e. The summed E-state index contributed by atoms with van der Waals surface area (Å²) in [4.78, 5) is 0. The molecule has 3 heteroatoms. The van der Waals surface area contributed by atoms with Crippen LogP contribution < -0.4 is 21.2 Å². The molecule has 0 radical (unpaired) electrons.